The summed E-state index contributed by atoms with van der Waals surface area (Å²) in [7, 11) is 0. The lowest BCUT2D eigenvalue weighted by molar-refractivity contribution is 0.626. The SMILES string of the molecule is Cc1cnc(N[C@@H](C)c2ccc(F)cc2)nc1Nc1cc(C2CC2)[nH]n1. The number of rotatable bonds is 6. The first-order chi connectivity index (χ1) is 12.6. The summed E-state index contributed by atoms with van der Waals surface area (Å²) in [5.41, 5.74) is 3.06. The molecular weight excluding hydrogens is 331 g/mol. The van der Waals surface area contributed by atoms with Gasteiger partial charge in [-0.3, -0.25) is 5.10 Å². The predicted molar refractivity (Wildman–Crippen MR) is 99.1 cm³/mol. The van der Waals surface area contributed by atoms with Gasteiger partial charge in [0.1, 0.15) is 11.6 Å². The van der Waals surface area contributed by atoms with Crippen molar-refractivity contribution in [3.63, 3.8) is 0 Å². The van der Waals surface area contributed by atoms with Gasteiger partial charge in [0.15, 0.2) is 5.82 Å². The van der Waals surface area contributed by atoms with Crippen LogP contribution in [0, 0.1) is 12.7 Å². The number of nitrogens with one attached hydrogen (secondary N) is 3. The molecule has 1 atom stereocenters. The summed E-state index contributed by atoms with van der Waals surface area (Å²) in [4.78, 5) is 8.90. The summed E-state index contributed by atoms with van der Waals surface area (Å²) >= 11 is 0. The molecule has 1 aliphatic carbocycles. The van der Waals surface area contributed by atoms with Crippen molar-refractivity contribution in [1.29, 1.82) is 0 Å². The lowest BCUT2D eigenvalue weighted by Gasteiger charge is -2.15. The Bertz CT molecular complexity index is 901. The van der Waals surface area contributed by atoms with E-state index in [0.717, 1.165) is 16.9 Å². The van der Waals surface area contributed by atoms with Crippen LogP contribution in [0.1, 0.15) is 48.5 Å². The maximum absolute atomic E-state index is 13.1. The molecule has 134 valence electrons. The molecule has 1 aliphatic rings. The fraction of sp³-hybridized carbons (Fsp3) is 0.316. The van der Waals surface area contributed by atoms with Crippen LogP contribution >= 0.6 is 0 Å². The van der Waals surface area contributed by atoms with Gasteiger partial charge in [0.2, 0.25) is 5.95 Å². The second-order valence-electron chi connectivity index (χ2n) is 6.75. The fourth-order valence-corrected chi connectivity index (χ4v) is 2.79. The van der Waals surface area contributed by atoms with Gasteiger partial charge in [-0.05, 0) is 44.4 Å². The van der Waals surface area contributed by atoms with Gasteiger partial charge in [-0.25, -0.2) is 9.37 Å². The molecule has 3 aromatic rings. The maximum atomic E-state index is 13.1. The third-order valence-electron chi connectivity index (χ3n) is 4.55. The van der Waals surface area contributed by atoms with Crippen LogP contribution in [0.25, 0.3) is 0 Å². The van der Waals surface area contributed by atoms with Crippen LogP contribution in [0.15, 0.2) is 36.5 Å². The smallest absolute Gasteiger partial charge is 0.225 e. The number of hydrogen-bond acceptors (Lipinski definition) is 5. The third kappa shape index (κ3) is 3.66. The first-order valence-corrected chi connectivity index (χ1v) is 8.76. The third-order valence-corrected chi connectivity index (χ3v) is 4.55. The van der Waals surface area contributed by atoms with Gasteiger partial charge in [0, 0.05) is 29.4 Å². The minimum atomic E-state index is -0.247. The standard InChI is InChI=1S/C19H21FN6/c1-11-10-21-19(22-12(2)13-5-7-15(20)8-6-13)24-18(11)23-17-9-16(25-26-17)14-3-4-14/h5-10,12,14H,3-4H2,1-2H3,(H3,21,22,23,24,25,26)/t12-/m0/s1. The molecule has 0 spiro atoms. The first-order valence-electron chi connectivity index (χ1n) is 8.76. The van der Waals surface area contributed by atoms with Crippen LogP contribution in [-0.2, 0) is 0 Å². The van der Waals surface area contributed by atoms with E-state index in [1.807, 2.05) is 19.9 Å². The largest absolute Gasteiger partial charge is 0.348 e. The van der Waals surface area contributed by atoms with Gasteiger partial charge in [0.05, 0.1) is 6.04 Å². The van der Waals surface area contributed by atoms with E-state index in [2.05, 4.69) is 30.8 Å². The number of anilines is 3. The van der Waals surface area contributed by atoms with Gasteiger partial charge < -0.3 is 10.6 Å². The quantitative estimate of drug-likeness (QED) is 0.611. The van der Waals surface area contributed by atoms with E-state index in [-0.39, 0.29) is 11.9 Å². The Hall–Kier alpha value is -2.96. The number of benzene rings is 1. The Labute approximate surface area is 151 Å². The van der Waals surface area contributed by atoms with Crippen LogP contribution in [0.2, 0.25) is 0 Å². The Morgan fingerprint density at radius 3 is 2.73 bits per heavy atom. The zero-order valence-electron chi connectivity index (χ0n) is 14.8. The maximum Gasteiger partial charge on any atom is 0.225 e. The zero-order valence-corrected chi connectivity index (χ0v) is 14.8. The number of aromatic amines is 1. The topological polar surface area (TPSA) is 78.5 Å². The summed E-state index contributed by atoms with van der Waals surface area (Å²) in [5, 5.41) is 13.9. The van der Waals surface area contributed by atoms with Crippen molar-refractivity contribution in [3.8, 4) is 0 Å². The molecular formula is C19H21FN6. The van der Waals surface area contributed by atoms with Gasteiger partial charge in [-0.1, -0.05) is 12.1 Å². The van der Waals surface area contributed by atoms with Crippen LogP contribution in [0.5, 0.6) is 0 Å². The lowest BCUT2D eigenvalue weighted by Crippen LogP contribution is -2.11. The Kier molecular flexibility index (Phi) is 4.28. The monoisotopic (exact) mass is 352 g/mol. The highest BCUT2D eigenvalue weighted by molar-refractivity contribution is 5.57. The number of aryl methyl sites for hydroxylation is 1. The van der Waals surface area contributed by atoms with Crippen molar-refractivity contribution >= 4 is 17.6 Å². The molecule has 4 rings (SSSR count). The molecule has 26 heavy (non-hydrogen) atoms. The van der Waals surface area contributed by atoms with Gasteiger partial charge in [0.25, 0.3) is 0 Å². The molecule has 3 N–H and O–H groups in total. The van der Waals surface area contributed by atoms with E-state index in [9.17, 15) is 4.39 Å². The first kappa shape index (κ1) is 16.5. The summed E-state index contributed by atoms with van der Waals surface area (Å²) in [5.74, 6) is 2.35. The van der Waals surface area contributed by atoms with E-state index in [1.54, 1.807) is 18.3 Å². The van der Waals surface area contributed by atoms with Crippen molar-refractivity contribution in [2.24, 2.45) is 0 Å². The van der Waals surface area contributed by atoms with Crippen molar-refractivity contribution < 1.29 is 4.39 Å². The van der Waals surface area contributed by atoms with Crippen molar-refractivity contribution in [2.75, 3.05) is 10.6 Å². The number of H-pyrrole nitrogens is 1. The van der Waals surface area contributed by atoms with E-state index >= 15 is 0 Å². The molecule has 0 radical (unpaired) electrons. The Morgan fingerprint density at radius 1 is 1.23 bits per heavy atom. The molecule has 2 heterocycles. The highest BCUT2D eigenvalue weighted by Crippen LogP contribution is 2.39. The highest BCUT2D eigenvalue weighted by Gasteiger charge is 2.25. The molecule has 7 heteroatoms. The second kappa shape index (κ2) is 6.74. The van der Waals surface area contributed by atoms with Crippen LogP contribution in [0.3, 0.4) is 0 Å². The Morgan fingerprint density at radius 2 is 2.00 bits per heavy atom. The summed E-state index contributed by atoms with van der Waals surface area (Å²) in [6.45, 7) is 3.93. The van der Waals surface area contributed by atoms with Crippen LogP contribution < -0.4 is 10.6 Å². The van der Waals surface area contributed by atoms with Crippen molar-refractivity contribution in [1.82, 2.24) is 20.2 Å². The molecule has 1 aromatic carbocycles. The Balaban J connectivity index is 1.48. The lowest BCUT2D eigenvalue weighted by atomic mass is 10.1. The number of aromatic nitrogens is 4. The van der Waals surface area contributed by atoms with E-state index in [0.29, 0.717) is 17.7 Å². The van der Waals surface area contributed by atoms with Crippen LogP contribution in [0.4, 0.5) is 22.0 Å². The molecule has 6 nitrogen and oxygen atoms in total. The predicted octanol–water partition coefficient (Wildman–Crippen LogP) is 4.44. The zero-order chi connectivity index (χ0) is 18.1. The second-order valence-corrected chi connectivity index (χ2v) is 6.75. The minimum Gasteiger partial charge on any atom is -0.348 e. The average molecular weight is 352 g/mol. The summed E-state index contributed by atoms with van der Waals surface area (Å²) in [6.07, 6.45) is 4.22. The van der Waals surface area contributed by atoms with E-state index < -0.39 is 0 Å². The molecule has 0 unspecified atom stereocenters. The van der Waals surface area contributed by atoms with Crippen molar-refractivity contribution in [2.45, 2.75) is 38.6 Å². The fourth-order valence-electron chi connectivity index (χ4n) is 2.79. The van der Waals surface area contributed by atoms with Gasteiger partial charge in [-0.15, -0.1) is 0 Å². The van der Waals surface area contributed by atoms with E-state index in [4.69, 9.17) is 0 Å². The molecule has 0 saturated heterocycles. The number of hydrogen-bond donors (Lipinski definition) is 3. The minimum absolute atomic E-state index is 0.0435. The van der Waals surface area contributed by atoms with Gasteiger partial charge >= 0.3 is 0 Å². The summed E-state index contributed by atoms with van der Waals surface area (Å²) < 4.78 is 13.1. The summed E-state index contributed by atoms with van der Waals surface area (Å²) in [6, 6.07) is 8.40. The number of halogens is 1. The normalized spacial score (nSPS) is 14.9. The molecule has 0 aliphatic heterocycles. The van der Waals surface area contributed by atoms with E-state index in [1.165, 1.54) is 30.7 Å². The average Bonchev–Trinajstić information content (AvgIpc) is 3.38. The molecule has 0 amide bonds. The van der Waals surface area contributed by atoms with Crippen LogP contribution in [-0.4, -0.2) is 20.2 Å². The number of nitrogens with zero attached hydrogens (tertiary/aromatic N) is 3. The van der Waals surface area contributed by atoms with Gasteiger partial charge in [-0.2, -0.15) is 10.1 Å². The molecule has 1 fully saturated rings. The molecule has 0 bridgehead atoms. The van der Waals surface area contributed by atoms with Crippen molar-refractivity contribution in [3.05, 3.63) is 59.2 Å². The highest BCUT2D eigenvalue weighted by atomic mass is 19.1. The molecule has 1 saturated carbocycles. The molecule has 2 aromatic heterocycles.